The maximum Gasteiger partial charge on any atom is 0.122 e. The van der Waals surface area contributed by atoms with Gasteiger partial charge in [-0.05, 0) is 38.7 Å². The highest BCUT2D eigenvalue weighted by Crippen LogP contribution is 2.39. The molecule has 1 unspecified atom stereocenters. The molecule has 1 aromatic rings. The van der Waals surface area contributed by atoms with Crippen molar-refractivity contribution >= 4 is 5.82 Å². The summed E-state index contributed by atoms with van der Waals surface area (Å²) in [4.78, 5) is 0. The molecule has 1 fully saturated rings. The Morgan fingerprint density at radius 2 is 2.12 bits per heavy atom. The summed E-state index contributed by atoms with van der Waals surface area (Å²) in [5.74, 6) is 1.52. The minimum absolute atomic E-state index is 0.410. The highest BCUT2D eigenvalue weighted by molar-refractivity contribution is 5.58. The fourth-order valence-electron chi connectivity index (χ4n) is 2.51. The number of nitrogens with two attached hydrogens (primary N) is 1. The molecule has 16 heavy (non-hydrogen) atoms. The van der Waals surface area contributed by atoms with Gasteiger partial charge in [0.2, 0.25) is 0 Å². The Morgan fingerprint density at radius 3 is 2.56 bits per heavy atom. The third-order valence-electron chi connectivity index (χ3n) is 3.72. The zero-order valence-corrected chi connectivity index (χ0v) is 10.2. The van der Waals surface area contributed by atoms with Gasteiger partial charge in [0.05, 0.1) is 5.56 Å². The first kappa shape index (κ1) is 11.1. The Balaban J connectivity index is 2.35. The van der Waals surface area contributed by atoms with Gasteiger partial charge in [-0.25, -0.2) is 0 Å². The van der Waals surface area contributed by atoms with Crippen LogP contribution in [0, 0.1) is 31.1 Å². The van der Waals surface area contributed by atoms with E-state index in [0.29, 0.717) is 17.4 Å². The number of hydrogen-bond acceptors (Lipinski definition) is 2. The second-order valence-corrected chi connectivity index (χ2v) is 4.98. The van der Waals surface area contributed by atoms with Crippen molar-refractivity contribution < 1.29 is 0 Å². The van der Waals surface area contributed by atoms with Crippen LogP contribution in [0.5, 0.6) is 0 Å². The van der Waals surface area contributed by atoms with Gasteiger partial charge < -0.3 is 10.3 Å². The van der Waals surface area contributed by atoms with Crippen molar-refractivity contribution in [2.24, 2.45) is 5.92 Å². The van der Waals surface area contributed by atoms with Crippen LogP contribution in [0.3, 0.4) is 0 Å². The molecular formula is C13H19N3. The molecule has 1 saturated carbocycles. The van der Waals surface area contributed by atoms with E-state index in [1.807, 2.05) is 6.92 Å². The molecule has 2 N–H and O–H groups in total. The van der Waals surface area contributed by atoms with E-state index in [1.54, 1.807) is 0 Å². The van der Waals surface area contributed by atoms with Gasteiger partial charge in [0.25, 0.3) is 0 Å². The molecule has 0 aromatic carbocycles. The van der Waals surface area contributed by atoms with E-state index in [0.717, 1.165) is 17.2 Å². The molecule has 0 radical (unpaired) electrons. The SMILES string of the molecule is Cc1c(C#N)c(N)n(C(C)CC2CC2)c1C. The minimum Gasteiger partial charge on any atom is -0.384 e. The second kappa shape index (κ2) is 3.86. The minimum atomic E-state index is 0.410. The van der Waals surface area contributed by atoms with Crippen molar-refractivity contribution in [1.29, 1.82) is 5.26 Å². The number of nitrogens with zero attached hydrogens (tertiary/aromatic N) is 2. The topological polar surface area (TPSA) is 54.7 Å². The Hall–Kier alpha value is -1.43. The van der Waals surface area contributed by atoms with Crippen LogP contribution in [-0.2, 0) is 0 Å². The number of nitrogen functional groups attached to an aromatic ring is 1. The third-order valence-corrected chi connectivity index (χ3v) is 3.72. The van der Waals surface area contributed by atoms with Gasteiger partial charge in [0, 0.05) is 11.7 Å². The van der Waals surface area contributed by atoms with Gasteiger partial charge in [-0.3, -0.25) is 0 Å². The molecule has 0 aliphatic heterocycles. The summed E-state index contributed by atoms with van der Waals surface area (Å²) in [5, 5.41) is 9.07. The number of rotatable bonds is 3. The Morgan fingerprint density at radius 1 is 1.50 bits per heavy atom. The van der Waals surface area contributed by atoms with E-state index in [4.69, 9.17) is 11.0 Å². The molecule has 1 heterocycles. The lowest BCUT2D eigenvalue weighted by atomic mass is 10.1. The summed E-state index contributed by atoms with van der Waals surface area (Å²) < 4.78 is 2.13. The van der Waals surface area contributed by atoms with Crippen LogP contribution >= 0.6 is 0 Å². The van der Waals surface area contributed by atoms with Crippen molar-refractivity contribution in [2.75, 3.05) is 5.73 Å². The van der Waals surface area contributed by atoms with Gasteiger partial charge in [-0.2, -0.15) is 5.26 Å². The smallest absolute Gasteiger partial charge is 0.122 e. The second-order valence-electron chi connectivity index (χ2n) is 4.98. The Kier molecular flexibility index (Phi) is 2.67. The highest BCUT2D eigenvalue weighted by atomic mass is 15.1. The fraction of sp³-hybridized carbons (Fsp3) is 0.615. The van der Waals surface area contributed by atoms with E-state index < -0.39 is 0 Å². The average Bonchev–Trinajstić information content (AvgIpc) is 2.98. The summed E-state index contributed by atoms with van der Waals surface area (Å²) in [6, 6.07) is 2.61. The molecule has 1 aliphatic rings. The van der Waals surface area contributed by atoms with E-state index in [2.05, 4.69) is 24.5 Å². The lowest BCUT2D eigenvalue weighted by molar-refractivity contribution is 0.475. The molecule has 1 aromatic heterocycles. The summed E-state index contributed by atoms with van der Waals surface area (Å²) >= 11 is 0. The molecule has 2 rings (SSSR count). The lowest BCUT2D eigenvalue weighted by Crippen LogP contribution is -2.11. The average molecular weight is 217 g/mol. The van der Waals surface area contributed by atoms with Gasteiger partial charge >= 0.3 is 0 Å². The first-order valence-corrected chi connectivity index (χ1v) is 5.93. The Bertz CT molecular complexity index is 447. The molecule has 3 heteroatoms. The molecule has 0 bridgehead atoms. The van der Waals surface area contributed by atoms with E-state index in [9.17, 15) is 0 Å². The maximum atomic E-state index is 9.07. The van der Waals surface area contributed by atoms with Crippen LogP contribution in [0.4, 0.5) is 5.82 Å². The Labute approximate surface area is 96.9 Å². The lowest BCUT2D eigenvalue weighted by Gasteiger charge is -2.17. The van der Waals surface area contributed by atoms with Crippen LogP contribution in [0.25, 0.3) is 0 Å². The van der Waals surface area contributed by atoms with Gasteiger partial charge in [0.15, 0.2) is 0 Å². The summed E-state index contributed by atoms with van der Waals surface area (Å²) in [7, 11) is 0. The van der Waals surface area contributed by atoms with E-state index >= 15 is 0 Å². The molecule has 0 spiro atoms. The maximum absolute atomic E-state index is 9.07. The normalized spacial score (nSPS) is 17.1. The van der Waals surface area contributed by atoms with Crippen molar-refractivity contribution in [3.63, 3.8) is 0 Å². The largest absolute Gasteiger partial charge is 0.384 e. The van der Waals surface area contributed by atoms with Gasteiger partial charge in [0.1, 0.15) is 11.9 Å². The van der Waals surface area contributed by atoms with Crippen molar-refractivity contribution in [3.05, 3.63) is 16.8 Å². The first-order valence-electron chi connectivity index (χ1n) is 5.93. The predicted molar refractivity (Wildman–Crippen MR) is 65.1 cm³/mol. The summed E-state index contributed by atoms with van der Waals surface area (Å²) in [6.45, 7) is 6.22. The van der Waals surface area contributed by atoms with Crippen LogP contribution in [-0.4, -0.2) is 4.57 Å². The number of aromatic nitrogens is 1. The fourth-order valence-corrected chi connectivity index (χ4v) is 2.51. The van der Waals surface area contributed by atoms with E-state index in [-0.39, 0.29) is 0 Å². The number of nitriles is 1. The van der Waals surface area contributed by atoms with Crippen LogP contribution in [0.2, 0.25) is 0 Å². The molecule has 3 nitrogen and oxygen atoms in total. The quantitative estimate of drug-likeness (QED) is 0.846. The van der Waals surface area contributed by atoms with Crippen LogP contribution in [0.1, 0.15) is 49.0 Å². The summed E-state index contributed by atoms with van der Waals surface area (Å²) in [5.41, 5.74) is 8.88. The van der Waals surface area contributed by atoms with Gasteiger partial charge in [-0.15, -0.1) is 0 Å². The van der Waals surface area contributed by atoms with Crippen molar-refractivity contribution in [1.82, 2.24) is 4.57 Å². The van der Waals surface area contributed by atoms with Crippen LogP contribution in [0.15, 0.2) is 0 Å². The van der Waals surface area contributed by atoms with E-state index in [1.165, 1.54) is 19.3 Å². The highest BCUT2D eigenvalue weighted by Gasteiger charge is 2.26. The van der Waals surface area contributed by atoms with Crippen molar-refractivity contribution in [2.45, 2.75) is 46.1 Å². The monoisotopic (exact) mass is 217 g/mol. The number of anilines is 1. The molecule has 1 aliphatic carbocycles. The summed E-state index contributed by atoms with van der Waals surface area (Å²) in [6.07, 6.45) is 3.90. The molecule has 0 saturated heterocycles. The molecule has 0 amide bonds. The third kappa shape index (κ3) is 1.69. The van der Waals surface area contributed by atoms with Gasteiger partial charge in [-0.1, -0.05) is 12.8 Å². The standard InChI is InChI=1S/C13H19N3/c1-8(6-11-4-5-11)16-10(3)9(2)12(7-14)13(16)15/h8,11H,4-6,15H2,1-3H3. The molecular weight excluding hydrogens is 198 g/mol. The number of hydrogen-bond donors (Lipinski definition) is 1. The molecule has 86 valence electrons. The zero-order valence-electron chi connectivity index (χ0n) is 10.2. The van der Waals surface area contributed by atoms with Crippen molar-refractivity contribution in [3.8, 4) is 6.07 Å². The zero-order chi connectivity index (χ0) is 11.9. The molecule has 1 atom stereocenters. The predicted octanol–water partition coefficient (Wildman–Crippen LogP) is 2.92. The first-order chi connectivity index (χ1) is 7.56. The van der Waals surface area contributed by atoms with Crippen LogP contribution < -0.4 is 5.73 Å².